The molecule has 0 spiro atoms. The van der Waals surface area contributed by atoms with Crippen LogP contribution in [0.25, 0.3) is 11.3 Å². The van der Waals surface area contributed by atoms with Gasteiger partial charge in [0.25, 0.3) is 17.7 Å². The third-order valence-corrected chi connectivity index (χ3v) is 14.4. The van der Waals surface area contributed by atoms with Gasteiger partial charge in [-0.15, -0.1) is 0 Å². The monoisotopic (exact) mass is 1170 g/mol. The van der Waals surface area contributed by atoms with Crippen LogP contribution in [-0.4, -0.2) is 153 Å². The van der Waals surface area contributed by atoms with Gasteiger partial charge in [0.05, 0.1) is 37.1 Å². The van der Waals surface area contributed by atoms with Gasteiger partial charge in [0.15, 0.2) is 0 Å². The van der Waals surface area contributed by atoms with E-state index in [4.69, 9.17) is 25.9 Å². The number of amides is 9. The van der Waals surface area contributed by atoms with Crippen LogP contribution >= 0.6 is 0 Å². The zero-order valence-corrected chi connectivity index (χ0v) is 48.2. The smallest absolute Gasteiger partial charge is 0.410 e. The molecule has 84 heavy (non-hydrogen) atoms. The van der Waals surface area contributed by atoms with Crippen LogP contribution in [0.5, 0.6) is 0 Å². The molecular weight excluding hydrogens is 1090 g/mol. The molecule has 9 amide bonds. The molecule has 0 radical (unpaired) electrons. The highest BCUT2D eigenvalue weighted by Crippen LogP contribution is 2.39. The van der Waals surface area contributed by atoms with E-state index in [1.807, 2.05) is 13.8 Å². The summed E-state index contributed by atoms with van der Waals surface area (Å²) in [5.41, 5.74) is 13.7. The fourth-order valence-corrected chi connectivity index (χ4v) is 9.96. The van der Waals surface area contributed by atoms with Gasteiger partial charge >= 0.3 is 12.1 Å². The van der Waals surface area contributed by atoms with E-state index >= 15 is 8.78 Å². The van der Waals surface area contributed by atoms with E-state index in [0.29, 0.717) is 80.3 Å². The summed E-state index contributed by atoms with van der Waals surface area (Å²) >= 11 is 0. The van der Waals surface area contributed by atoms with E-state index < -0.39 is 65.9 Å². The minimum atomic E-state index is -1.58. The second-order valence-corrected chi connectivity index (χ2v) is 21.5. The Kier molecular flexibility index (Phi) is 24.2. The van der Waals surface area contributed by atoms with E-state index in [-0.39, 0.29) is 93.2 Å². The molecule has 454 valence electrons. The Labute approximate surface area is 487 Å². The Morgan fingerprint density at radius 2 is 1.63 bits per heavy atom. The zero-order valence-electron chi connectivity index (χ0n) is 48.2. The summed E-state index contributed by atoms with van der Waals surface area (Å²) in [7, 11) is 0. The van der Waals surface area contributed by atoms with Gasteiger partial charge in [0.2, 0.25) is 17.7 Å². The Balaban J connectivity index is 0.00000152. The number of aromatic nitrogens is 3. The summed E-state index contributed by atoms with van der Waals surface area (Å²) in [6, 6.07) is 14.1. The lowest BCUT2D eigenvalue weighted by Gasteiger charge is -2.40. The van der Waals surface area contributed by atoms with Gasteiger partial charge in [0, 0.05) is 81.3 Å². The molecule has 2 saturated heterocycles. The van der Waals surface area contributed by atoms with Crippen molar-refractivity contribution in [3.05, 3.63) is 107 Å². The largest absolute Gasteiger partial charge is 0.445 e. The van der Waals surface area contributed by atoms with Gasteiger partial charge in [-0.05, 0) is 99.7 Å². The van der Waals surface area contributed by atoms with Crippen LogP contribution in [0.4, 0.5) is 29.9 Å². The Hall–Kier alpha value is -8.32. The number of nitrogen functional groups attached to an aromatic ring is 1. The number of hydrogen-bond acceptors (Lipinski definition) is 14. The van der Waals surface area contributed by atoms with Gasteiger partial charge in [-0.1, -0.05) is 57.0 Å². The molecule has 0 bridgehead atoms. The zero-order chi connectivity index (χ0) is 61.0. The van der Waals surface area contributed by atoms with Gasteiger partial charge in [-0.2, -0.15) is 0 Å². The Morgan fingerprint density at radius 1 is 0.917 bits per heavy atom. The molecule has 5 atom stereocenters. The number of aliphatic hydroxyl groups is 1. The number of nitrogens with zero attached hydrogens (tertiary/aromatic N) is 6. The van der Waals surface area contributed by atoms with Gasteiger partial charge in [-0.25, -0.2) is 28.3 Å². The number of rotatable bonds is 25. The molecule has 2 aromatic heterocycles. The first-order chi connectivity index (χ1) is 40.1. The number of nitrogens with two attached hydrogens (primary N) is 2. The van der Waals surface area contributed by atoms with Gasteiger partial charge in [0.1, 0.15) is 42.4 Å². The van der Waals surface area contributed by atoms with Crippen molar-refractivity contribution >= 4 is 59.1 Å². The number of primary amides is 1. The molecule has 5 heterocycles. The normalized spacial score (nSPS) is 17.0. The van der Waals surface area contributed by atoms with Crippen LogP contribution in [0.3, 0.4) is 0 Å². The maximum Gasteiger partial charge on any atom is 0.410 e. The number of urea groups is 1. The lowest BCUT2D eigenvalue weighted by molar-refractivity contribution is -0.145. The molecule has 4 aromatic rings. The topological polar surface area (TPSA) is 316 Å². The van der Waals surface area contributed by atoms with Crippen LogP contribution in [0, 0.1) is 30.5 Å². The minimum Gasteiger partial charge on any atom is -0.445 e. The van der Waals surface area contributed by atoms with E-state index in [1.165, 1.54) is 34.9 Å². The molecule has 7 rings (SSSR count). The standard InChI is InChI=1S/C55H68F2N10O10.C4H10N2O/c1-33(2)50(63-46(69)11-6-5-7-22-66-48(71)18-19-49(66)72)53(73)59-26-47(70)61-39-15-13-36(14-16-39)32-77-55(75)65-27-38(43(57)30-65)28-67(54(74)35(4)68)51(37-20-23-76-24-21-37)52-62-44(41-25-34(3)12-17-42(41)56)31-64(52)29-40-9-8-10-45(58)60-40;1-2-3-6-4(5)7/h8-10,12-19,25,31,33,35,37-38,43,50-51,68H,5-7,11,20-24,26-30,32H2,1-4H3,(H2,58,60)(H,59,73)(H,61,70)(H,63,69);2-3H2,1H3,(H3,5,6,7)/t35-,38?,43?,50?,51?;/m0./s1. The van der Waals surface area contributed by atoms with Crippen molar-refractivity contribution in [1.82, 2.24) is 45.2 Å². The lowest BCUT2D eigenvalue weighted by atomic mass is 9.88. The van der Waals surface area contributed by atoms with Crippen LogP contribution in [0.2, 0.25) is 0 Å². The average molecular weight is 1170 g/mol. The predicted octanol–water partition coefficient (Wildman–Crippen LogP) is 5.05. The number of ether oxygens (including phenoxy) is 2. The lowest BCUT2D eigenvalue weighted by Crippen LogP contribution is -2.51. The van der Waals surface area contributed by atoms with Crippen LogP contribution in [0.1, 0.15) is 101 Å². The molecule has 0 aliphatic carbocycles. The number of anilines is 2. The number of aliphatic hydroxyl groups excluding tert-OH is 1. The number of carbonyl (C=O) groups excluding carboxylic acids is 8. The molecule has 23 nitrogen and oxygen atoms in total. The maximum absolute atomic E-state index is 16.3. The van der Waals surface area contributed by atoms with E-state index in [0.717, 1.165) is 16.9 Å². The highest BCUT2D eigenvalue weighted by Gasteiger charge is 2.44. The van der Waals surface area contributed by atoms with Crippen molar-refractivity contribution in [1.29, 1.82) is 0 Å². The van der Waals surface area contributed by atoms with Crippen LogP contribution in [-0.2, 0) is 51.4 Å². The molecular formula is C59H78F2N12O11. The number of imidazole rings is 1. The highest BCUT2D eigenvalue weighted by atomic mass is 19.1. The first-order valence-electron chi connectivity index (χ1n) is 28.3. The molecule has 2 fully saturated rings. The first-order valence-corrected chi connectivity index (χ1v) is 28.3. The molecule has 25 heteroatoms. The van der Waals surface area contributed by atoms with Crippen molar-refractivity contribution in [2.24, 2.45) is 23.5 Å². The Bertz CT molecular complexity index is 2950. The number of imide groups is 1. The number of pyridine rings is 1. The third-order valence-electron chi connectivity index (χ3n) is 14.4. The number of hydrogen-bond donors (Lipinski definition) is 7. The average Bonchev–Trinajstić information content (AvgIpc) is 2.43. The minimum absolute atomic E-state index is 0.107. The number of nitrogens with one attached hydrogen (secondary N) is 4. The number of benzene rings is 2. The van der Waals surface area contributed by atoms with Crippen molar-refractivity contribution in [2.75, 3.05) is 63.5 Å². The number of halogens is 2. The highest BCUT2D eigenvalue weighted by molar-refractivity contribution is 6.12. The Morgan fingerprint density at radius 3 is 2.27 bits per heavy atom. The third kappa shape index (κ3) is 18.9. The summed E-state index contributed by atoms with van der Waals surface area (Å²) in [6.07, 6.45) is 3.99. The summed E-state index contributed by atoms with van der Waals surface area (Å²) in [6.45, 7) is 9.33. The fourth-order valence-electron chi connectivity index (χ4n) is 9.96. The molecule has 2 aromatic carbocycles. The molecule has 3 aliphatic heterocycles. The predicted molar refractivity (Wildman–Crippen MR) is 307 cm³/mol. The quantitative estimate of drug-likeness (QED) is 0.0337. The molecule has 4 unspecified atom stereocenters. The first kappa shape index (κ1) is 64.8. The number of likely N-dealkylation sites (tertiary alicyclic amines) is 1. The maximum atomic E-state index is 16.3. The van der Waals surface area contributed by atoms with Gasteiger partial charge in [-0.3, -0.25) is 33.7 Å². The van der Waals surface area contributed by atoms with Crippen molar-refractivity contribution in [3.63, 3.8) is 0 Å². The number of carbonyl (C=O) groups is 8. The van der Waals surface area contributed by atoms with E-state index in [1.54, 1.807) is 79.2 Å². The summed E-state index contributed by atoms with van der Waals surface area (Å²) in [5.74, 6) is -4.08. The van der Waals surface area contributed by atoms with Crippen LogP contribution in [0.15, 0.2) is 79.0 Å². The van der Waals surface area contributed by atoms with E-state index in [9.17, 15) is 43.5 Å². The van der Waals surface area contributed by atoms with Gasteiger partial charge < -0.3 is 61.7 Å². The van der Waals surface area contributed by atoms with Crippen molar-refractivity contribution in [2.45, 2.75) is 117 Å². The van der Waals surface area contributed by atoms with Crippen LogP contribution < -0.4 is 32.7 Å². The number of unbranched alkanes of at least 4 members (excludes halogenated alkanes) is 2. The van der Waals surface area contributed by atoms with Crippen molar-refractivity contribution in [3.8, 4) is 11.3 Å². The number of aryl methyl sites for hydroxylation is 1. The van der Waals surface area contributed by atoms with E-state index in [2.05, 4.69) is 26.3 Å². The second-order valence-electron chi connectivity index (χ2n) is 21.5. The molecule has 9 N–H and O–H groups in total. The van der Waals surface area contributed by atoms with Crippen molar-refractivity contribution < 1.29 is 61.7 Å². The molecule has 3 aliphatic rings. The molecule has 0 saturated carbocycles. The summed E-state index contributed by atoms with van der Waals surface area (Å²) < 4.78 is 44.9. The second kappa shape index (κ2) is 31.4. The fraction of sp³-hybridized carbons (Fsp3) is 0.492. The SMILES string of the molecule is CCCNC(N)=O.Cc1ccc(F)c(-c2cn(Cc3cccc(N)n3)c(C(C3CCOCC3)N(CC3CN(C(=O)OCc4ccc(NC(=O)CNC(=O)C(NC(=O)CCCCCN5C(=O)C=CC5=O)C(C)C)cc4)CC3F)C(=O)[C@H](C)O)n2)c1. The summed E-state index contributed by atoms with van der Waals surface area (Å²) in [4.78, 5) is 113. The number of alkyl halides is 1. The summed E-state index contributed by atoms with van der Waals surface area (Å²) in [5, 5.41) is 21.3.